The topological polar surface area (TPSA) is 75.6 Å². The summed E-state index contributed by atoms with van der Waals surface area (Å²) in [5.41, 5.74) is 0.980. The first-order chi connectivity index (χ1) is 11.0. The predicted octanol–water partition coefficient (Wildman–Crippen LogP) is 3.39. The zero-order chi connectivity index (χ0) is 16.8. The Kier molecular flexibility index (Phi) is 5.84. The maximum Gasteiger partial charge on any atom is 0.335 e. The fourth-order valence-corrected chi connectivity index (χ4v) is 2.22. The highest BCUT2D eigenvalue weighted by Gasteiger charge is 2.07. The lowest BCUT2D eigenvalue weighted by atomic mass is 10.1. The summed E-state index contributed by atoms with van der Waals surface area (Å²) in [7, 11) is 0. The van der Waals surface area contributed by atoms with Crippen LogP contribution in [0.15, 0.2) is 42.5 Å². The van der Waals surface area contributed by atoms with Crippen molar-refractivity contribution in [1.29, 1.82) is 0 Å². The van der Waals surface area contributed by atoms with E-state index in [-0.39, 0.29) is 24.6 Å². The molecule has 0 heterocycles. The number of carboxylic acid groups (broad SMARTS) is 1. The monoisotopic (exact) mass is 353 g/mol. The lowest BCUT2D eigenvalue weighted by Gasteiger charge is -2.09. The van der Waals surface area contributed by atoms with Crippen LogP contribution >= 0.6 is 23.2 Å². The molecule has 23 heavy (non-hydrogen) atoms. The number of carboxylic acids is 1. The lowest BCUT2D eigenvalue weighted by Crippen LogP contribution is -2.28. The van der Waals surface area contributed by atoms with Crippen LogP contribution in [0.5, 0.6) is 5.75 Å². The van der Waals surface area contributed by atoms with Crippen LogP contribution < -0.4 is 10.1 Å². The van der Waals surface area contributed by atoms with Gasteiger partial charge >= 0.3 is 5.97 Å². The van der Waals surface area contributed by atoms with Crippen molar-refractivity contribution in [2.45, 2.75) is 6.54 Å². The second-order valence-electron chi connectivity index (χ2n) is 4.64. The van der Waals surface area contributed by atoms with E-state index in [1.165, 1.54) is 18.2 Å². The van der Waals surface area contributed by atoms with Crippen molar-refractivity contribution in [2.24, 2.45) is 0 Å². The Morgan fingerprint density at radius 3 is 2.39 bits per heavy atom. The molecule has 0 saturated carbocycles. The number of carbonyl (C=O) groups is 2. The van der Waals surface area contributed by atoms with Crippen molar-refractivity contribution in [3.63, 3.8) is 0 Å². The smallest absolute Gasteiger partial charge is 0.335 e. The fraction of sp³-hybridized carbons (Fsp3) is 0.125. The molecule has 0 saturated heterocycles. The van der Waals surface area contributed by atoms with E-state index >= 15 is 0 Å². The number of halogens is 2. The van der Waals surface area contributed by atoms with E-state index in [1.54, 1.807) is 24.3 Å². The molecule has 0 radical (unpaired) electrons. The standard InChI is InChI=1S/C16H13Cl2NO4/c17-12-5-6-14(13(18)7-12)23-9-15(20)19-8-10-1-3-11(4-2-10)16(21)22/h1-7H,8-9H2,(H,19,20)(H,21,22). The summed E-state index contributed by atoms with van der Waals surface area (Å²) in [6, 6.07) is 11.0. The maximum absolute atomic E-state index is 11.7. The van der Waals surface area contributed by atoms with Gasteiger partial charge in [-0.15, -0.1) is 0 Å². The van der Waals surface area contributed by atoms with E-state index < -0.39 is 5.97 Å². The largest absolute Gasteiger partial charge is 0.482 e. The third-order valence-electron chi connectivity index (χ3n) is 2.94. The minimum atomic E-state index is -0.992. The maximum atomic E-state index is 11.7. The highest BCUT2D eigenvalue weighted by molar-refractivity contribution is 6.35. The molecule has 0 aliphatic carbocycles. The molecule has 7 heteroatoms. The number of carbonyl (C=O) groups excluding carboxylic acids is 1. The summed E-state index contributed by atoms with van der Waals surface area (Å²) < 4.78 is 5.31. The zero-order valence-corrected chi connectivity index (χ0v) is 13.4. The second-order valence-corrected chi connectivity index (χ2v) is 5.49. The number of nitrogens with one attached hydrogen (secondary N) is 1. The summed E-state index contributed by atoms with van der Waals surface area (Å²) in [6.45, 7) is 0.0883. The molecular weight excluding hydrogens is 341 g/mol. The van der Waals surface area contributed by atoms with Gasteiger partial charge in [0.2, 0.25) is 0 Å². The van der Waals surface area contributed by atoms with Gasteiger partial charge in [-0.05, 0) is 35.9 Å². The van der Waals surface area contributed by atoms with Crippen LogP contribution in [0, 0.1) is 0 Å². The normalized spacial score (nSPS) is 10.2. The molecule has 0 aliphatic rings. The fourth-order valence-electron chi connectivity index (χ4n) is 1.75. The van der Waals surface area contributed by atoms with Gasteiger partial charge in [0.05, 0.1) is 10.6 Å². The SMILES string of the molecule is O=C(COc1ccc(Cl)cc1Cl)NCc1ccc(C(=O)O)cc1. The van der Waals surface area contributed by atoms with Gasteiger partial charge in [-0.2, -0.15) is 0 Å². The van der Waals surface area contributed by atoms with Crippen LogP contribution in [0.2, 0.25) is 10.0 Å². The minimum Gasteiger partial charge on any atom is -0.482 e. The molecule has 0 fully saturated rings. The molecule has 0 aliphatic heterocycles. The average Bonchev–Trinajstić information content (AvgIpc) is 2.52. The number of aromatic carboxylic acids is 1. The van der Waals surface area contributed by atoms with Gasteiger partial charge in [-0.1, -0.05) is 35.3 Å². The number of hydrogen-bond donors (Lipinski definition) is 2. The molecule has 1 amide bonds. The van der Waals surface area contributed by atoms with Crippen molar-refractivity contribution < 1.29 is 19.4 Å². The van der Waals surface area contributed by atoms with E-state index in [0.29, 0.717) is 15.8 Å². The Hall–Kier alpha value is -2.24. The summed E-state index contributed by atoms with van der Waals surface area (Å²) in [4.78, 5) is 22.5. The summed E-state index contributed by atoms with van der Waals surface area (Å²) in [6.07, 6.45) is 0. The predicted molar refractivity (Wildman–Crippen MR) is 87.2 cm³/mol. The first kappa shape index (κ1) is 17.1. The molecule has 0 unspecified atom stereocenters. The highest BCUT2D eigenvalue weighted by atomic mass is 35.5. The summed E-state index contributed by atoms with van der Waals surface area (Å²) in [5, 5.41) is 12.3. The summed E-state index contributed by atoms with van der Waals surface area (Å²) in [5.74, 6) is -0.941. The average molecular weight is 354 g/mol. The molecule has 0 atom stereocenters. The molecule has 2 rings (SSSR count). The van der Waals surface area contributed by atoms with Crippen LogP contribution in [0.25, 0.3) is 0 Å². The highest BCUT2D eigenvalue weighted by Crippen LogP contribution is 2.27. The van der Waals surface area contributed by atoms with E-state index in [1.807, 2.05) is 0 Å². The molecule has 2 aromatic carbocycles. The number of benzene rings is 2. The Morgan fingerprint density at radius 1 is 1.09 bits per heavy atom. The van der Waals surface area contributed by atoms with E-state index in [2.05, 4.69) is 5.32 Å². The molecule has 2 N–H and O–H groups in total. The first-order valence-corrected chi connectivity index (χ1v) is 7.38. The molecule has 120 valence electrons. The molecule has 0 spiro atoms. The molecule has 2 aromatic rings. The Bertz CT molecular complexity index is 717. The van der Waals surface area contributed by atoms with Crippen LogP contribution in [0.4, 0.5) is 0 Å². The van der Waals surface area contributed by atoms with Crippen LogP contribution in [-0.4, -0.2) is 23.6 Å². The van der Waals surface area contributed by atoms with E-state index in [9.17, 15) is 9.59 Å². The Balaban J connectivity index is 1.82. The van der Waals surface area contributed by atoms with Gasteiger partial charge in [-0.3, -0.25) is 4.79 Å². The van der Waals surface area contributed by atoms with E-state index in [4.69, 9.17) is 33.0 Å². The van der Waals surface area contributed by atoms with Crippen LogP contribution in [0.1, 0.15) is 15.9 Å². The van der Waals surface area contributed by atoms with Gasteiger partial charge in [-0.25, -0.2) is 4.79 Å². The Labute approximate surface area is 142 Å². The summed E-state index contributed by atoms with van der Waals surface area (Å²) >= 11 is 11.7. The molecule has 0 bridgehead atoms. The molecule has 0 aromatic heterocycles. The van der Waals surface area contributed by atoms with Crippen molar-refractivity contribution in [2.75, 3.05) is 6.61 Å². The van der Waals surface area contributed by atoms with Gasteiger partial charge in [0.1, 0.15) is 5.75 Å². The lowest BCUT2D eigenvalue weighted by molar-refractivity contribution is -0.123. The number of rotatable bonds is 6. The first-order valence-electron chi connectivity index (χ1n) is 6.62. The van der Waals surface area contributed by atoms with Gasteiger partial charge < -0.3 is 15.2 Å². The van der Waals surface area contributed by atoms with Crippen molar-refractivity contribution in [3.8, 4) is 5.75 Å². The van der Waals surface area contributed by atoms with Crippen molar-refractivity contribution in [3.05, 3.63) is 63.6 Å². The third-order valence-corrected chi connectivity index (χ3v) is 3.47. The van der Waals surface area contributed by atoms with Gasteiger partial charge in [0.15, 0.2) is 6.61 Å². The number of ether oxygens (including phenoxy) is 1. The number of hydrogen-bond acceptors (Lipinski definition) is 3. The molecule has 5 nitrogen and oxygen atoms in total. The van der Waals surface area contributed by atoms with Crippen molar-refractivity contribution >= 4 is 35.1 Å². The van der Waals surface area contributed by atoms with E-state index in [0.717, 1.165) is 5.56 Å². The second kappa shape index (κ2) is 7.85. The van der Waals surface area contributed by atoms with Gasteiger partial charge in [0.25, 0.3) is 5.91 Å². The zero-order valence-electron chi connectivity index (χ0n) is 11.9. The van der Waals surface area contributed by atoms with Crippen molar-refractivity contribution in [1.82, 2.24) is 5.32 Å². The molecular formula is C16H13Cl2NO4. The quantitative estimate of drug-likeness (QED) is 0.834. The Morgan fingerprint density at radius 2 is 1.78 bits per heavy atom. The number of amides is 1. The minimum absolute atomic E-state index is 0.186. The van der Waals surface area contributed by atoms with Crippen LogP contribution in [-0.2, 0) is 11.3 Å². The van der Waals surface area contributed by atoms with Gasteiger partial charge in [0, 0.05) is 11.6 Å². The van der Waals surface area contributed by atoms with Crippen LogP contribution in [0.3, 0.4) is 0 Å². The third kappa shape index (κ3) is 5.16.